The van der Waals surface area contributed by atoms with Gasteiger partial charge in [-0.3, -0.25) is 9.59 Å². The van der Waals surface area contributed by atoms with Crippen LogP contribution in [0.15, 0.2) is 12.1 Å². The average Bonchev–Trinajstić information content (AvgIpc) is 2.26. The maximum absolute atomic E-state index is 11.3. The van der Waals surface area contributed by atoms with Gasteiger partial charge in [0.05, 0.1) is 24.8 Å². The summed E-state index contributed by atoms with van der Waals surface area (Å²) in [4.78, 5) is 36.9. The number of ketones is 1. The molecular weight excluding hydrogens is 226 g/mol. The minimum atomic E-state index is -1.09. The van der Waals surface area contributed by atoms with Gasteiger partial charge in [0.25, 0.3) is 0 Å². The van der Waals surface area contributed by atoms with Crippen molar-refractivity contribution in [1.29, 1.82) is 0 Å². The molecule has 0 aromatic carbocycles. The fraction of sp³-hybridized carbons (Fsp3) is 0.273. The molecule has 0 bridgehead atoms. The first kappa shape index (κ1) is 12.8. The van der Waals surface area contributed by atoms with E-state index in [1.807, 2.05) is 0 Å². The van der Waals surface area contributed by atoms with Crippen LogP contribution in [0.2, 0.25) is 0 Å². The Labute approximate surface area is 97.2 Å². The first-order valence-corrected chi connectivity index (χ1v) is 4.76. The van der Waals surface area contributed by atoms with Crippen LogP contribution in [-0.4, -0.2) is 34.9 Å². The van der Waals surface area contributed by atoms with Crippen molar-refractivity contribution in [2.24, 2.45) is 0 Å². The molecule has 90 valence electrons. The number of esters is 1. The normalized spacial score (nSPS) is 9.76. The molecule has 6 nitrogen and oxygen atoms in total. The summed E-state index contributed by atoms with van der Waals surface area (Å²) in [5, 5.41) is 8.64. The largest absolute Gasteiger partial charge is 0.481 e. The highest BCUT2D eigenvalue weighted by Crippen LogP contribution is 2.09. The number of carboxylic acids is 1. The molecule has 0 spiro atoms. The van der Waals surface area contributed by atoms with Gasteiger partial charge < -0.3 is 9.84 Å². The first-order valence-electron chi connectivity index (χ1n) is 4.76. The summed E-state index contributed by atoms with van der Waals surface area (Å²) in [5.74, 6) is -2.07. The second-order valence-corrected chi connectivity index (χ2v) is 3.35. The number of rotatable bonds is 4. The molecule has 1 rings (SSSR count). The number of pyridine rings is 1. The Balaban J connectivity index is 3.23. The van der Waals surface area contributed by atoms with Crippen LogP contribution in [-0.2, 0) is 16.0 Å². The molecule has 0 radical (unpaired) electrons. The zero-order valence-electron chi connectivity index (χ0n) is 9.39. The second kappa shape index (κ2) is 5.20. The quantitative estimate of drug-likeness (QED) is 0.611. The fourth-order valence-corrected chi connectivity index (χ4v) is 1.25. The molecule has 1 aromatic rings. The van der Waals surface area contributed by atoms with Crippen LogP contribution < -0.4 is 0 Å². The Bertz CT molecular complexity index is 481. The van der Waals surface area contributed by atoms with E-state index < -0.39 is 11.9 Å². The number of nitrogens with zero attached hydrogens (tertiary/aromatic N) is 1. The Morgan fingerprint density at radius 1 is 1.35 bits per heavy atom. The summed E-state index contributed by atoms with van der Waals surface area (Å²) in [6.07, 6.45) is -0.356. The van der Waals surface area contributed by atoms with E-state index in [0.717, 1.165) is 0 Å². The highest BCUT2D eigenvalue weighted by atomic mass is 16.5. The number of carbonyl (C=O) groups is 3. The van der Waals surface area contributed by atoms with Crippen molar-refractivity contribution in [3.05, 3.63) is 29.1 Å². The van der Waals surface area contributed by atoms with E-state index in [2.05, 4.69) is 9.72 Å². The monoisotopic (exact) mass is 237 g/mol. The number of methoxy groups -OCH3 is 1. The zero-order valence-corrected chi connectivity index (χ0v) is 9.39. The molecule has 0 aliphatic carbocycles. The van der Waals surface area contributed by atoms with Crippen LogP contribution in [0.5, 0.6) is 0 Å². The van der Waals surface area contributed by atoms with Crippen molar-refractivity contribution in [3.8, 4) is 0 Å². The van der Waals surface area contributed by atoms with Gasteiger partial charge in [-0.05, 0) is 12.1 Å². The molecule has 17 heavy (non-hydrogen) atoms. The van der Waals surface area contributed by atoms with Gasteiger partial charge in [-0.2, -0.15) is 0 Å². The average molecular weight is 237 g/mol. The van der Waals surface area contributed by atoms with Gasteiger partial charge in [0.15, 0.2) is 5.78 Å². The molecule has 0 atom stereocenters. The SMILES string of the molecule is COC(=O)c1cc(CC(=O)O)nc(C(C)=O)c1. The smallest absolute Gasteiger partial charge is 0.337 e. The molecule has 1 heterocycles. The Kier molecular flexibility index (Phi) is 3.92. The number of aromatic nitrogens is 1. The minimum absolute atomic E-state index is 0.0455. The minimum Gasteiger partial charge on any atom is -0.481 e. The molecule has 0 unspecified atom stereocenters. The lowest BCUT2D eigenvalue weighted by atomic mass is 10.1. The summed E-state index contributed by atoms with van der Waals surface area (Å²) in [6.45, 7) is 1.29. The Morgan fingerprint density at radius 3 is 2.47 bits per heavy atom. The van der Waals surface area contributed by atoms with Crippen LogP contribution in [0.1, 0.15) is 33.5 Å². The molecule has 1 N–H and O–H groups in total. The van der Waals surface area contributed by atoms with Crippen molar-refractivity contribution in [1.82, 2.24) is 4.98 Å². The summed E-state index contributed by atoms with van der Waals surface area (Å²) in [7, 11) is 1.20. The van der Waals surface area contributed by atoms with Gasteiger partial charge in [-0.25, -0.2) is 9.78 Å². The van der Waals surface area contributed by atoms with Gasteiger partial charge in [-0.1, -0.05) is 0 Å². The number of aliphatic carboxylic acids is 1. The number of hydrogen-bond acceptors (Lipinski definition) is 5. The van der Waals surface area contributed by atoms with Crippen molar-refractivity contribution < 1.29 is 24.2 Å². The molecule has 0 fully saturated rings. The van der Waals surface area contributed by atoms with Gasteiger partial charge in [-0.15, -0.1) is 0 Å². The summed E-state index contributed by atoms with van der Waals surface area (Å²) < 4.78 is 4.51. The van der Waals surface area contributed by atoms with Crippen molar-refractivity contribution >= 4 is 17.7 Å². The van der Waals surface area contributed by atoms with E-state index >= 15 is 0 Å². The number of ether oxygens (including phenoxy) is 1. The summed E-state index contributed by atoms with van der Waals surface area (Å²) >= 11 is 0. The number of Topliss-reactive ketones (excluding diaryl/α,β-unsaturated/α-hetero) is 1. The third-order valence-electron chi connectivity index (χ3n) is 1.99. The molecular formula is C11H11NO5. The van der Waals surface area contributed by atoms with E-state index in [1.165, 1.54) is 26.2 Å². The van der Waals surface area contributed by atoms with Gasteiger partial charge in [0.2, 0.25) is 0 Å². The van der Waals surface area contributed by atoms with Gasteiger partial charge in [0, 0.05) is 6.92 Å². The highest BCUT2D eigenvalue weighted by molar-refractivity contribution is 5.96. The maximum Gasteiger partial charge on any atom is 0.337 e. The van der Waals surface area contributed by atoms with Crippen LogP contribution in [0, 0.1) is 0 Å². The van der Waals surface area contributed by atoms with E-state index in [0.29, 0.717) is 0 Å². The van der Waals surface area contributed by atoms with Crippen molar-refractivity contribution in [2.45, 2.75) is 13.3 Å². The third kappa shape index (κ3) is 3.37. The molecule has 6 heteroatoms. The standard InChI is InChI=1S/C11H11NO5/c1-6(13)9-4-7(11(16)17-2)3-8(12-9)5-10(14)15/h3-4H,5H2,1-2H3,(H,14,15). The van der Waals surface area contributed by atoms with Crippen molar-refractivity contribution in [3.63, 3.8) is 0 Å². The van der Waals surface area contributed by atoms with Crippen LogP contribution in [0.25, 0.3) is 0 Å². The molecule has 0 saturated heterocycles. The van der Waals surface area contributed by atoms with E-state index in [4.69, 9.17) is 5.11 Å². The number of hydrogen-bond donors (Lipinski definition) is 1. The van der Waals surface area contributed by atoms with Crippen LogP contribution >= 0.6 is 0 Å². The molecule has 0 aliphatic heterocycles. The Hall–Kier alpha value is -2.24. The fourth-order valence-electron chi connectivity index (χ4n) is 1.25. The van der Waals surface area contributed by atoms with E-state index in [1.54, 1.807) is 0 Å². The molecule has 0 amide bonds. The maximum atomic E-state index is 11.3. The van der Waals surface area contributed by atoms with Gasteiger partial charge >= 0.3 is 11.9 Å². The third-order valence-corrected chi connectivity index (χ3v) is 1.99. The second-order valence-electron chi connectivity index (χ2n) is 3.35. The number of carbonyl (C=O) groups excluding carboxylic acids is 2. The van der Waals surface area contributed by atoms with E-state index in [-0.39, 0.29) is 29.2 Å². The van der Waals surface area contributed by atoms with Gasteiger partial charge in [0.1, 0.15) is 5.69 Å². The summed E-state index contributed by atoms with van der Waals surface area (Å²) in [6, 6.07) is 2.58. The highest BCUT2D eigenvalue weighted by Gasteiger charge is 2.13. The molecule has 1 aromatic heterocycles. The topological polar surface area (TPSA) is 93.6 Å². The lowest BCUT2D eigenvalue weighted by Gasteiger charge is -2.04. The lowest BCUT2D eigenvalue weighted by molar-refractivity contribution is -0.136. The van der Waals surface area contributed by atoms with Crippen molar-refractivity contribution in [2.75, 3.05) is 7.11 Å². The predicted molar refractivity (Wildman–Crippen MR) is 56.9 cm³/mol. The number of carboxylic acid groups (broad SMARTS) is 1. The molecule has 0 aliphatic rings. The lowest BCUT2D eigenvalue weighted by Crippen LogP contribution is -2.10. The van der Waals surface area contributed by atoms with Crippen LogP contribution in [0.4, 0.5) is 0 Å². The van der Waals surface area contributed by atoms with Crippen LogP contribution in [0.3, 0.4) is 0 Å². The molecule has 0 saturated carbocycles. The van der Waals surface area contributed by atoms with E-state index in [9.17, 15) is 14.4 Å². The predicted octanol–water partition coefficient (Wildman–Crippen LogP) is 0.698. The summed E-state index contributed by atoms with van der Waals surface area (Å²) in [5.41, 5.74) is 0.304. The first-order chi connectivity index (χ1) is 7.93. The Morgan fingerprint density at radius 2 is 2.00 bits per heavy atom. The zero-order chi connectivity index (χ0) is 13.0.